The first-order valence-corrected chi connectivity index (χ1v) is 6.68. The van der Waals surface area contributed by atoms with Crippen molar-refractivity contribution in [3.63, 3.8) is 0 Å². The minimum Gasteiger partial charge on any atom is -0.370 e. The molecule has 2 nitrogen and oxygen atoms in total. The van der Waals surface area contributed by atoms with Gasteiger partial charge in [-0.25, -0.2) is 0 Å². The van der Waals surface area contributed by atoms with Crippen LogP contribution in [0.5, 0.6) is 0 Å². The fourth-order valence-corrected chi connectivity index (χ4v) is 2.85. The van der Waals surface area contributed by atoms with Crippen molar-refractivity contribution in [2.75, 3.05) is 18.5 Å². The van der Waals surface area contributed by atoms with Crippen molar-refractivity contribution in [1.82, 2.24) is 0 Å². The molecule has 0 fully saturated rings. The fraction of sp³-hybridized carbons (Fsp3) is 0.600. The maximum absolute atomic E-state index is 5.88. The summed E-state index contributed by atoms with van der Waals surface area (Å²) in [6, 6.07) is 7.32. The van der Waals surface area contributed by atoms with Crippen molar-refractivity contribution >= 4 is 5.69 Å². The zero-order chi connectivity index (χ0) is 12.4. The van der Waals surface area contributed by atoms with Gasteiger partial charge in [0.2, 0.25) is 0 Å². The van der Waals surface area contributed by atoms with Gasteiger partial charge in [-0.2, -0.15) is 0 Å². The van der Waals surface area contributed by atoms with Crippen LogP contribution in [0.2, 0.25) is 0 Å². The predicted molar refractivity (Wildman–Crippen MR) is 74.6 cm³/mol. The van der Waals surface area contributed by atoms with Crippen molar-refractivity contribution in [2.45, 2.75) is 39.2 Å². The first-order chi connectivity index (χ1) is 8.13. The third-order valence-electron chi connectivity index (χ3n) is 4.00. The molecule has 1 aromatic rings. The van der Waals surface area contributed by atoms with Gasteiger partial charge >= 0.3 is 0 Å². The summed E-state index contributed by atoms with van der Waals surface area (Å²) in [7, 11) is 2.16. The van der Waals surface area contributed by atoms with E-state index in [1.165, 1.54) is 36.1 Å². The molecule has 0 aliphatic heterocycles. The lowest BCUT2D eigenvalue weighted by atomic mass is 10.0. The number of anilines is 1. The van der Waals surface area contributed by atoms with Crippen LogP contribution in [-0.4, -0.2) is 19.6 Å². The highest BCUT2D eigenvalue weighted by atomic mass is 15.1. The maximum Gasteiger partial charge on any atom is 0.0431 e. The number of aryl methyl sites for hydroxylation is 2. The molecule has 0 radical (unpaired) electrons. The number of hydrogen-bond donors (Lipinski definition) is 1. The second-order valence-corrected chi connectivity index (χ2v) is 5.46. The maximum atomic E-state index is 5.88. The molecule has 0 amide bonds. The van der Waals surface area contributed by atoms with Crippen molar-refractivity contribution in [2.24, 2.45) is 11.7 Å². The Hall–Kier alpha value is -1.02. The minimum atomic E-state index is 0.425. The number of nitrogens with zero attached hydrogens (tertiary/aromatic N) is 1. The Kier molecular flexibility index (Phi) is 3.72. The monoisotopic (exact) mass is 232 g/mol. The number of nitrogens with two attached hydrogens (primary N) is 1. The highest BCUT2D eigenvalue weighted by Crippen LogP contribution is 2.27. The zero-order valence-corrected chi connectivity index (χ0v) is 11.2. The van der Waals surface area contributed by atoms with E-state index in [4.69, 9.17) is 5.73 Å². The number of benzene rings is 1. The molecule has 1 aliphatic rings. The van der Waals surface area contributed by atoms with Gasteiger partial charge in [-0.15, -0.1) is 0 Å². The number of hydrogen-bond acceptors (Lipinski definition) is 2. The fourth-order valence-electron chi connectivity index (χ4n) is 2.85. The summed E-state index contributed by atoms with van der Waals surface area (Å²) in [6.07, 6.45) is 3.81. The Balaban J connectivity index is 2.21. The number of fused-ring (bicyclic) bond motifs is 1. The molecule has 0 aromatic heterocycles. The Morgan fingerprint density at radius 2 is 1.94 bits per heavy atom. The van der Waals surface area contributed by atoms with Crippen molar-refractivity contribution in [3.8, 4) is 0 Å². The summed E-state index contributed by atoms with van der Waals surface area (Å²) in [4.78, 5) is 2.34. The predicted octanol–water partition coefficient (Wildman–Crippen LogP) is 2.59. The second-order valence-electron chi connectivity index (χ2n) is 5.46. The lowest BCUT2D eigenvalue weighted by Crippen LogP contribution is -2.41. The molecule has 1 aliphatic carbocycles. The molecule has 0 bridgehead atoms. The largest absolute Gasteiger partial charge is 0.370 e. The van der Waals surface area contributed by atoms with Crippen molar-refractivity contribution < 1.29 is 0 Å². The first-order valence-electron chi connectivity index (χ1n) is 6.68. The van der Waals surface area contributed by atoms with Crippen LogP contribution >= 0.6 is 0 Å². The van der Waals surface area contributed by atoms with Gasteiger partial charge in [-0.1, -0.05) is 19.9 Å². The lowest BCUT2D eigenvalue weighted by Gasteiger charge is -2.32. The molecular formula is C15H24N2. The van der Waals surface area contributed by atoms with E-state index in [-0.39, 0.29) is 0 Å². The highest BCUT2D eigenvalue weighted by molar-refractivity contribution is 5.52. The highest BCUT2D eigenvalue weighted by Gasteiger charge is 2.19. The molecule has 0 spiro atoms. The molecule has 1 unspecified atom stereocenters. The molecule has 2 N–H and O–H groups in total. The van der Waals surface area contributed by atoms with Gasteiger partial charge in [0.1, 0.15) is 0 Å². The summed E-state index contributed by atoms with van der Waals surface area (Å²) in [6.45, 7) is 5.19. The lowest BCUT2D eigenvalue weighted by molar-refractivity contribution is 0.480. The van der Waals surface area contributed by atoms with Gasteiger partial charge in [0.15, 0.2) is 0 Å². The Morgan fingerprint density at radius 3 is 2.59 bits per heavy atom. The van der Waals surface area contributed by atoms with E-state index in [0.717, 1.165) is 0 Å². The van der Waals surface area contributed by atoms with Gasteiger partial charge in [0.25, 0.3) is 0 Å². The standard InChI is InChI=1S/C15H24N2/c1-11(2)15(10-16)17(3)14-8-7-12-5-4-6-13(12)9-14/h7-9,11,15H,4-6,10,16H2,1-3H3. The summed E-state index contributed by atoms with van der Waals surface area (Å²) in [5.41, 5.74) is 10.3. The van der Waals surface area contributed by atoms with Crippen LogP contribution in [0.25, 0.3) is 0 Å². The van der Waals surface area contributed by atoms with E-state index in [1.54, 1.807) is 0 Å². The molecule has 0 saturated carbocycles. The van der Waals surface area contributed by atoms with E-state index in [9.17, 15) is 0 Å². The van der Waals surface area contributed by atoms with Gasteiger partial charge in [-0.3, -0.25) is 0 Å². The Bertz CT molecular complexity index is 385. The molecule has 1 aromatic carbocycles. The molecule has 2 rings (SSSR count). The first kappa shape index (κ1) is 12.4. The third-order valence-corrected chi connectivity index (χ3v) is 4.00. The number of likely N-dealkylation sites (N-methyl/N-ethyl adjacent to an activating group) is 1. The van der Waals surface area contributed by atoms with E-state index in [2.05, 4.69) is 44.0 Å². The van der Waals surface area contributed by atoms with Gasteiger partial charge in [-0.05, 0) is 48.4 Å². The SMILES string of the molecule is CC(C)C(CN)N(C)c1ccc2c(c1)CCC2. The molecule has 0 saturated heterocycles. The Morgan fingerprint density at radius 1 is 1.24 bits per heavy atom. The van der Waals surface area contributed by atoms with Crippen molar-refractivity contribution in [1.29, 1.82) is 0 Å². The van der Waals surface area contributed by atoms with Crippen LogP contribution in [0.3, 0.4) is 0 Å². The third kappa shape index (κ3) is 2.47. The summed E-state index contributed by atoms with van der Waals surface area (Å²) in [5, 5.41) is 0. The average Bonchev–Trinajstić information content (AvgIpc) is 2.75. The molecule has 2 heteroatoms. The van der Waals surface area contributed by atoms with Gasteiger partial charge < -0.3 is 10.6 Å². The van der Waals surface area contributed by atoms with Gasteiger partial charge in [0.05, 0.1) is 0 Å². The van der Waals surface area contributed by atoms with Crippen LogP contribution in [0.15, 0.2) is 18.2 Å². The quantitative estimate of drug-likeness (QED) is 0.864. The second kappa shape index (κ2) is 5.09. The smallest absolute Gasteiger partial charge is 0.0431 e. The minimum absolute atomic E-state index is 0.425. The zero-order valence-electron chi connectivity index (χ0n) is 11.2. The average molecular weight is 232 g/mol. The molecular weight excluding hydrogens is 208 g/mol. The molecule has 17 heavy (non-hydrogen) atoms. The van der Waals surface area contributed by atoms with E-state index in [0.29, 0.717) is 18.5 Å². The number of rotatable bonds is 4. The van der Waals surface area contributed by atoms with Crippen LogP contribution in [-0.2, 0) is 12.8 Å². The molecule has 1 atom stereocenters. The van der Waals surface area contributed by atoms with Gasteiger partial charge in [0, 0.05) is 25.3 Å². The van der Waals surface area contributed by atoms with Crippen LogP contribution in [0.4, 0.5) is 5.69 Å². The van der Waals surface area contributed by atoms with Crippen LogP contribution in [0.1, 0.15) is 31.4 Å². The van der Waals surface area contributed by atoms with E-state index >= 15 is 0 Å². The topological polar surface area (TPSA) is 29.3 Å². The summed E-state index contributed by atoms with van der Waals surface area (Å²) >= 11 is 0. The summed E-state index contributed by atoms with van der Waals surface area (Å²) < 4.78 is 0. The van der Waals surface area contributed by atoms with E-state index < -0.39 is 0 Å². The normalized spacial score (nSPS) is 16.1. The van der Waals surface area contributed by atoms with Crippen LogP contribution in [0, 0.1) is 5.92 Å². The Labute approximate surface area is 105 Å². The molecule has 0 heterocycles. The van der Waals surface area contributed by atoms with Crippen LogP contribution < -0.4 is 10.6 Å². The van der Waals surface area contributed by atoms with Crippen molar-refractivity contribution in [3.05, 3.63) is 29.3 Å². The van der Waals surface area contributed by atoms with E-state index in [1.807, 2.05) is 0 Å². The molecule has 94 valence electrons. The summed E-state index contributed by atoms with van der Waals surface area (Å²) in [5.74, 6) is 0.582.